The van der Waals surface area contributed by atoms with E-state index in [-0.39, 0.29) is 11.9 Å². The fourth-order valence-corrected chi connectivity index (χ4v) is 4.64. The molecule has 130 valence electrons. The Bertz CT molecular complexity index is 966. The summed E-state index contributed by atoms with van der Waals surface area (Å²) in [5, 5.41) is 15.4. The molecule has 0 radical (unpaired) electrons. The van der Waals surface area contributed by atoms with E-state index in [1.54, 1.807) is 16.2 Å². The van der Waals surface area contributed by atoms with Gasteiger partial charge in [0.05, 0.1) is 15.6 Å². The van der Waals surface area contributed by atoms with Crippen molar-refractivity contribution in [2.45, 2.75) is 25.9 Å². The summed E-state index contributed by atoms with van der Waals surface area (Å²) in [5.41, 5.74) is 5.02. The van der Waals surface area contributed by atoms with Gasteiger partial charge in [0.25, 0.3) is 0 Å². The van der Waals surface area contributed by atoms with Gasteiger partial charge in [-0.15, -0.1) is 0 Å². The number of hydrogen-bond donors (Lipinski definition) is 2. The summed E-state index contributed by atoms with van der Waals surface area (Å²) in [6, 6.07) is 3.95. The lowest BCUT2D eigenvalue weighted by Gasteiger charge is -2.33. The van der Waals surface area contributed by atoms with Crippen LogP contribution in [0.25, 0.3) is 22.0 Å². The zero-order chi connectivity index (χ0) is 17.7. The van der Waals surface area contributed by atoms with Crippen LogP contribution in [0.1, 0.15) is 18.2 Å². The molecule has 0 aliphatic carbocycles. The summed E-state index contributed by atoms with van der Waals surface area (Å²) in [4.78, 5) is 17.2. The smallest absolute Gasteiger partial charge is 0.248 e. The maximum absolute atomic E-state index is 12.1. The third-order valence-corrected chi connectivity index (χ3v) is 6.28. The van der Waals surface area contributed by atoms with Crippen molar-refractivity contribution in [3.05, 3.63) is 44.2 Å². The highest BCUT2D eigenvalue weighted by Gasteiger charge is 2.30. The van der Waals surface area contributed by atoms with Crippen LogP contribution in [0.5, 0.6) is 0 Å². The minimum Gasteiger partial charge on any atom is -0.387 e. The van der Waals surface area contributed by atoms with Crippen LogP contribution in [-0.2, 0) is 17.8 Å². The minimum atomic E-state index is -0.480. The Kier molecular flexibility index (Phi) is 4.28. The van der Waals surface area contributed by atoms with E-state index in [1.165, 1.54) is 0 Å². The number of nitrogens with zero attached hydrogens (tertiary/aromatic N) is 1. The number of thiophene rings is 1. The van der Waals surface area contributed by atoms with Gasteiger partial charge in [-0.3, -0.25) is 4.79 Å². The number of carbonyl (C=O) groups is 1. The summed E-state index contributed by atoms with van der Waals surface area (Å²) in [6.07, 6.45) is 0.687. The van der Waals surface area contributed by atoms with Crippen LogP contribution in [0.15, 0.2) is 22.9 Å². The molecular weight excluding hydrogens is 379 g/mol. The Morgan fingerprint density at radius 3 is 2.96 bits per heavy atom. The van der Waals surface area contributed by atoms with Crippen molar-refractivity contribution in [1.29, 1.82) is 0 Å². The topological polar surface area (TPSA) is 56.3 Å². The maximum Gasteiger partial charge on any atom is 0.248 e. The highest BCUT2D eigenvalue weighted by Crippen LogP contribution is 2.43. The van der Waals surface area contributed by atoms with Crippen LogP contribution in [0.4, 0.5) is 0 Å². The second-order valence-electron chi connectivity index (χ2n) is 6.30. The predicted octanol–water partition coefficient (Wildman–Crippen LogP) is 4.47. The zero-order valence-corrected chi connectivity index (χ0v) is 15.8. The highest BCUT2D eigenvalue weighted by molar-refractivity contribution is 7.08. The maximum atomic E-state index is 12.1. The van der Waals surface area contributed by atoms with Gasteiger partial charge in [0.2, 0.25) is 5.91 Å². The van der Waals surface area contributed by atoms with Gasteiger partial charge in [0.15, 0.2) is 0 Å². The van der Waals surface area contributed by atoms with Crippen LogP contribution in [0.3, 0.4) is 0 Å². The van der Waals surface area contributed by atoms with E-state index < -0.39 is 6.61 Å². The fourth-order valence-electron chi connectivity index (χ4n) is 3.58. The van der Waals surface area contributed by atoms with Crippen molar-refractivity contribution in [3.63, 3.8) is 0 Å². The summed E-state index contributed by atoms with van der Waals surface area (Å²) in [7, 11) is 0. The van der Waals surface area contributed by atoms with Crippen LogP contribution >= 0.6 is 34.5 Å². The van der Waals surface area contributed by atoms with Gasteiger partial charge in [0, 0.05) is 35.7 Å². The largest absolute Gasteiger partial charge is 0.387 e. The molecule has 0 bridgehead atoms. The average molecular weight is 395 g/mol. The van der Waals surface area contributed by atoms with Gasteiger partial charge in [-0.05, 0) is 40.9 Å². The predicted molar refractivity (Wildman–Crippen MR) is 102 cm³/mol. The van der Waals surface area contributed by atoms with Crippen LogP contribution < -0.4 is 0 Å². The van der Waals surface area contributed by atoms with E-state index in [9.17, 15) is 9.90 Å². The molecule has 2 aromatic heterocycles. The van der Waals surface area contributed by atoms with Crippen molar-refractivity contribution in [2.24, 2.45) is 0 Å². The van der Waals surface area contributed by atoms with Crippen molar-refractivity contribution >= 4 is 51.3 Å². The number of hydrogen-bond acceptors (Lipinski definition) is 3. The zero-order valence-electron chi connectivity index (χ0n) is 13.5. The third kappa shape index (κ3) is 2.66. The number of H-pyrrole nitrogens is 1. The van der Waals surface area contributed by atoms with Crippen molar-refractivity contribution in [3.8, 4) is 11.1 Å². The lowest BCUT2D eigenvalue weighted by molar-refractivity contribution is -0.137. The number of aromatic nitrogens is 1. The van der Waals surface area contributed by atoms with Gasteiger partial charge in [-0.2, -0.15) is 11.3 Å². The van der Waals surface area contributed by atoms with Crippen LogP contribution in [0.2, 0.25) is 10.0 Å². The lowest BCUT2D eigenvalue weighted by atomic mass is 9.95. The minimum absolute atomic E-state index is 0.0130. The first-order valence-corrected chi connectivity index (χ1v) is 9.65. The summed E-state index contributed by atoms with van der Waals surface area (Å²) in [5.74, 6) is -0.260. The Morgan fingerprint density at radius 1 is 1.48 bits per heavy atom. The first-order chi connectivity index (χ1) is 12.0. The number of benzene rings is 1. The number of fused-ring (bicyclic) bond motifs is 3. The summed E-state index contributed by atoms with van der Waals surface area (Å²) < 4.78 is 0. The normalized spacial score (nSPS) is 17.1. The molecule has 4 rings (SSSR count). The molecule has 1 atom stereocenters. The number of nitrogens with one attached hydrogen (secondary N) is 1. The highest BCUT2D eigenvalue weighted by atomic mass is 35.5. The second-order valence-corrected chi connectivity index (χ2v) is 7.86. The first-order valence-electron chi connectivity index (χ1n) is 7.95. The molecule has 4 nitrogen and oxygen atoms in total. The molecule has 3 heterocycles. The lowest BCUT2D eigenvalue weighted by Crippen LogP contribution is -2.43. The van der Waals surface area contributed by atoms with E-state index in [0.29, 0.717) is 23.0 Å². The van der Waals surface area contributed by atoms with Crippen molar-refractivity contribution < 1.29 is 9.90 Å². The summed E-state index contributed by atoms with van der Waals surface area (Å²) >= 11 is 14.4. The second kappa shape index (κ2) is 6.32. The third-order valence-electron chi connectivity index (χ3n) is 4.81. The van der Waals surface area contributed by atoms with E-state index in [4.69, 9.17) is 23.2 Å². The molecule has 1 aliphatic heterocycles. The number of aliphatic hydroxyl groups is 1. The van der Waals surface area contributed by atoms with Crippen LogP contribution in [-0.4, -0.2) is 33.5 Å². The molecule has 7 heteroatoms. The van der Waals surface area contributed by atoms with E-state index in [1.807, 2.05) is 24.4 Å². The Labute approximate surface area is 159 Å². The molecule has 25 heavy (non-hydrogen) atoms. The Morgan fingerprint density at radius 2 is 2.28 bits per heavy atom. The molecule has 0 unspecified atom stereocenters. The molecular formula is C18H16Cl2N2O2S. The summed E-state index contributed by atoms with van der Waals surface area (Å²) in [6.45, 7) is 1.95. The number of aliphatic hydroxyl groups excluding tert-OH is 1. The number of halogens is 2. The molecule has 2 N–H and O–H groups in total. The van der Waals surface area contributed by atoms with Gasteiger partial charge >= 0.3 is 0 Å². The Hall–Kier alpha value is -1.53. The van der Waals surface area contributed by atoms with Gasteiger partial charge in [-0.25, -0.2) is 0 Å². The average Bonchev–Trinajstić information content (AvgIpc) is 3.24. The monoisotopic (exact) mass is 394 g/mol. The molecule has 0 spiro atoms. The number of aromatic amines is 1. The molecule has 0 saturated heterocycles. The molecule has 1 aromatic carbocycles. The number of rotatable bonds is 2. The first kappa shape index (κ1) is 16.9. The van der Waals surface area contributed by atoms with E-state index >= 15 is 0 Å². The van der Waals surface area contributed by atoms with Crippen molar-refractivity contribution in [2.75, 3.05) is 6.61 Å². The van der Waals surface area contributed by atoms with Gasteiger partial charge in [-0.1, -0.05) is 23.2 Å². The molecule has 1 amide bonds. The van der Waals surface area contributed by atoms with Gasteiger partial charge in [0.1, 0.15) is 6.61 Å². The fraction of sp³-hybridized carbons (Fsp3) is 0.278. The molecule has 1 aliphatic rings. The quantitative estimate of drug-likeness (QED) is 0.673. The SMILES string of the molecule is C[C@@H]1Cc2[nH]c3c(Cl)c(Cl)cc(-c4ccsc4)c3c2CN1C(=O)CO. The van der Waals surface area contributed by atoms with Crippen LogP contribution in [0, 0.1) is 0 Å². The van der Waals surface area contributed by atoms with E-state index in [0.717, 1.165) is 33.3 Å². The molecule has 0 fully saturated rings. The van der Waals surface area contributed by atoms with E-state index in [2.05, 4.69) is 10.4 Å². The van der Waals surface area contributed by atoms with Crippen molar-refractivity contribution in [1.82, 2.24) is 9.88 Å². The number of amides is 1. The molecule has 0 saturated carbocycles. The van der Waals surface area contributed by atoms with Gasteiger partial charge < -0.3 is 15.0 Å². The molecule has 3 aromatic rings. The number of carbonyl (C=O) groups excluding carboxylic acids is 1. The Balaban J connectivity index is 1.97. The standard InChI is InChI=1S/C18H16Cl2N2O2S/c1-9-4-14-12(6-22(9)15(24)7-23)16-11(10-2-3-25-8-10)5-13(19)17(20)18(16)21-14/h2-3,5,8-9,21,23H,4,6-7H2,1H3/t9-/m1/s1.